The smallest absolute Gasteiger partial charge is 0.281 e. The van der Waals surface area contributed by atoms with Gasteiger partial charge in [-0.3, -0.25) is 23.9 Å². The second-order valence-electron chi connectivity index (χ2n) is 24.6. The van der Waals surface area contributed by atoms with Gasteiger partial charge in [-0.2, -0.15) is 4.98 Å². The van der Waals surface area contributed by atoms with Crippen LogP contribution in [0.3, 0.4) is 0 Å². The Kier molecular flexibility index (Phi) is 15.7. The minimum Gasteiger partial charge on any atom is -0.391 e. The van der Waals surface area contributed by atoms with Gasteiger partial charge in [0.15, 0.2) is 0 Å². The molecule has 3 aromatic heterocycles. The predicted octanol–water partition coefficient (Wildman–Crippen LogP) is 10.2. The number of aliphatic hydroxyl groups is 1. The van der Waals surface area contributed by atoms with Crippen LogP contribution in [0.2, 0.25) is 0 Å². The highest BCUT2D eigenvalue weighted by Crippen LogP contribution is 2.52. The maximum atomic E-state index is 15.2. The van der Waals surface area contributed by atoms with Gasteiger partial charge < -0.3 is 25.0 Å². The van der Waals surface area contributed by atoms with Gasteiger partial charge in [-0.15, -0.1) is 16.4 Å². The van der Waals surface area contributed by atoms with E-state index in [2.05, 4.69) is 89.1 Å². The highest BCUT2D eigenvalue weighted by atomic mass is 79.9. The number of morpholine rings is 1. The van der Waals surface area contributed by atoms with Gasteiger partial charge in [-0.05, 0) is 158 Å². The number of β-amino-alcohol motifs (C(OH)–C–C–N with tert-alkyl or cyclic N) is 1. The first-order chi connectivity index (χ1) is 39.1. The van der Waals surface area contributed by atoms with Crippen LogP contribution >= 0.6 is 27.3 Å². The molecule has 6 fully saturated rings. The number of nitrogens with one attached hydrogen (secondary N) is 1. The number of piperidine rings is 1. The van der Waals surface area contributed by atoms with Crippen LogP contribution in [0.4, 0.5) is 0 Å². The average Bonchev–Trinajstić information content (AvgIpc) is 3.52. The fourth-order valence-electron chi connectivity index (χ4n) is 15.5. The van der Waals surface area contributed by atoms with Crippen LogP contribution in [0.1, 0.15) is 167 Å². The first kappa shape index (κ1) is 54.1. The van der Waals surface area contributed by atoms with E-state index < -0.39 is 18.2 Å². The Balaban J connectivity index is 0.653. The molecule has 2 amide bonds. The summed E-state index contributed by atoms with van der Waals surface area (Å²) in [6, 6.07) is 20.0. The van der Waals surface area contributed by atoms with Gasteiger partial charge in [0.2, 0.25) is 11.8 Å². The summed E-state index contributed by atoms with van der Waals surface area (Å²) in [4.78, 5) is 60.6. The molecule has 3 saturated carbocycles. The van der Waals surface area contributed by atoms with Crippen molar-refractivity contribution in [1.29, 1.82) is 0 Å². The molecule has 7 aliphatic rings. The fraction of sp³-hybridized carbons (Fsp3) is 0.571. The number of ether oxygens (including phenoxy) is 1. The Morgan fingerprint density at radius 2 is 1.64 bits per heavy atom. The molecule has 6 aromatic rings. The molecular formula is C63H77BrN10O5S. The molecule has 0 bridgehead atoms. The van der Waals surface area contributed by atoms with E-state index in [1.807, 2.05) is 35.4 Å². The molecule has 3 saturated heterocycles. The van der Waals surface area contributed by atoms with Crippen molar-refractivity contribution in [1.82, 2.24) is 49.5 Å². The van der Waals surface area contributed by atoms with Crippen LogP contribution in [0.15, 0.2) is 81.6 Å². The summed E-state index contributed by atoms with van der Waals surface area (Å²) in [6.07, 6.45) is 18.8. The number of carbonyl (C=O) groups is 2. The molecule has 4 aliphatic heterocycles. The quantitative estimate of drug-likeness (QED) is 0.113. The predicted molar refractivity (Wildman–Crippen MR) is 314 cm³/mol. The number of carbonyl (C=O) groups excluding carboxylic acids is 2. The number of rotatable bonds is 13. The van der Waals surface area contributed by atoms with E-state index in [4.69, 9.17) is 20.0 Å². The van der Waals surface area contributed by atoms with Gasteiger partial charge in [-0.25, -0.2) is 9.67 Å². The van der Waals surface area contributed by atoms with Gasteiger partial charge >= 0.3 is 0 Å². The summed E-state index contributed by atoms with van der Waals surface area (Å²) in [5, 5.41) is 24.8. The van der Waals surface area contributed by atoms with Crippen molar-refractivity contribution in [3.63, 3.8) is 0 Å². The lowest BCUT2D eigenvalue weighted by Gasteiger charge is -2.37. The van der Waals surface area contributed by atoms with E-state index in [-0.39, 0.29) is 53.6 Å². The van der Waals surface area contributed by atoms with E-state index in [0.717, 1.165) is 172 Å². The van der Waals surface area contributed by atoms with Crippen molar-refractivity contribution >= 4 is 50.0 Å². The first-order valence-electron chi connectivity index (χ1n) is 30.2. The normalized spacial score (nSPS) is 24.7. The minimum absolute atomic E-state index is 0.0716. The van der Waals surface area contributed by atoms with Crippen molar-refractivity contribution in [2.45, 2.75) is 158 Å². The number of aromatic nitrogens is 6. The van der Waals surface area contributed by atoms with Gasteiger partial charge in [0.25, 0.3) is 5.56 Å². The molecular weight excluding hydrogens is 1090 g/mol. The molecule has 80 heavy (non-hydrogen) atoms. The van der Waals surface area contributed by atoms with Crippen molar-refractivity contribution in [3.05, 3.63) is 121 Å². The van der Waals surface area contributed by atoms with E-state index in [1.165, 1.54) is 23.2 Å². The lowest BCUT2D eigenvalue weighted by molar-refractivity contribution is -0.143. The fourth-order valence-corrected chi connectivity index (χ4v) is 16.8. The summed E-state index contributed by atoms with van der Waals surface area (Å²) in [6.45, 7) is 8.89. The Morgan fingerprint density at radius 3 is 2.39 bits per heavy atom. The number of aryl methyl sites for hydroxylation is 1. The van der Waals surface area contributed by atoms with Crippen LogP contribution in [0.5, 0.6) is 0 Å². The zero-order chi connectivity index (χ0) is 54.5. The van der Waals surface area contributed by atoms with Crippen molar-refractivity contribution < 1.29 is 19.4 Å². The number of nitrogens with zero attached hydrogens (tertiary/aromatic N) is 9. The minimum atomic E-state index is -0.805. The lowest BCUT2D eigenvalue weighted by Crippen LogP contribution is -2.51. The zero-order valence-electron chi connectivity index (χ0n) is 46.3. The van der Waals surface area contributed by atoms with E-state index >= 15 is 4.79 Å². The molecule has 422 valence electrons. The summed E-state index contributed by atoms with van der Waals surface area (Å²) in [7, 11) is 0. The molecule has 7 heterocycles. The maximum absolute atomic E-state index is 15.2. The van der Waals surface area contributed by atoms with Gasteiger partial charge in [0.05, 0.1) is 69.1 Å². The highest BCUT2D eigenvalue weighted by molar-refractivity contribution is 9.10. The molecule has 0 unspecified atom stereocenters. The first-order valence-corrected chi connectivity index (χ1v) is 31.9. The third-order valence-electron chi connectivity index (χ3n) is 19.8. The number of amides is 2. The molecule has 15 nitrogen and oxygen atoms in total. The maximum Gasteiger partial charge on any atom is 0.281 e. The monoisotopic (exact) mass is 1160 g/mol. The highest BCUT2D eigenvalue weighted by Gasteiger charge is 2.48. The number of likely N-dealkylation sites (tertiary alicyclic amines) is 2. The van der Waals surface area contributed by atoms with Crippen LogP contribution < -0.4 is 10.9 Å². The van der Waals surface area contributed by atoms with E-state index in [1.54, 1.807) is 16.2 Å². The number of thiazole rings is 1. The van der Waals surface area contributed by atoms with Crippen molar-refractivity contribution in [2.24, 2.45) is 11.8 Å². The Bertz CT molecular complexity index is 3250. The number of hydrogen-bond acceptors (Lipinski definition) is 12. The van der Waals surface area contributed by atoms with Crippen LogP contribution in [-0.4, -0.2) is 132 Å². The van der Waals surface area contributed by atoms with Gasteiger partial charge in [-0.1, -0.05) is 86.2 Å². The van der Waals surface area contributed by atoms with Crippen molar-refractivity contribution in [2.75, 3.05) is 59.0 Å². The lowest BCUT2D eigenvalue weighted by atomic mass is 9.69. The Morgan fingerprint density at radius 1 is 0.875 bits per heavy atom. The van der Waals surface area contributed by atoms with Gasteiger partial charge in [0, 0.05) is 55.7 Å². The largest absolute Gasteiger partial charge is 0.391 e. The number of hydrogen-bond donors (Lipinski definition) is 2. The number of aliphatic hydroxyl groups excluding tert-OH is 1. The average molecular weight is 1170 g/mol. The molecule has 0 radical (unpaired) electrons. The van der Waals surface area contributed by atoms with Gasteiger partial charge in [0.1, 0.15) is 17.9 Å². The molecule has 1 spiro atoms. The van der Waals surface area contributed by atoms with E-state index in [9.17, 15) is 14.7 Å². The second-order valence-corrected chi connectivity index (χ2v) is 26.4. The summed E-state index contributed by atoms with van der Waals surface area (Å²) < 4.78 is 10.6. The molecule has 17 heteroatoms. The third-order valence-corrected chi connectivity index (χ3v) is 21.5. The summed E-state index contributed by atoms with van der Waals surface area (Å²) >= 11 is 5.30. The SMILES string of the molecule is Cc1ncsc1-c1ccc([C@H](CN2CCOCC2)NC(=O)[C@@H]2C[C@@H](O)CN2C(=O)[C@H](C2CCCCC2)n2cc(C3CCC(CN4CCC(c5ccc6c(c5)-n5c(nc(=O)c7c(Br)cccc75)C65CCCCC5)CC4)CC3)nn2)cc1. The van der Waals surface area contributed by atoms with Crippen LogP contribution in [0, 0.1) is 18.8 Å². The summed E-state index contributed by atoms with van der Waals surface area (Å²) in [5.41, 5.74) is 10.5. The third kappa shape index (κ3) is 10.5. The molecule has 13 rings (SSSR count). The number of benzene rings is 3. The topological polar surface area (TPSA) is 164 Å². The van der Waals surface area contributed by atoms with E-state index in [0.29, 0.717) is 37.0 Å². The molecule has 3 aromatic carbocycles. The Hall–Kier alpha value is -5.17. The standard InChI is InChI=1S/C63H77BrN10O5S/c1-40-58(80-39-65-40)46-19-17-43(18-20-46)51(37-71-29-31-79-32-30-71)66-59(76)55-34-48(75)36-72(55)61(78)57(45-9-4-2-5-10-45)73-38-52(68-69-73)44-15-13-41(14-16-44)35-70-27-23-42(24-28-70)47-21-22-49-54(33-47)74-53-12-8-11-50(64)56(53)60(77)67-62(74)63(49)25-6-3-7-26-63/h8,11-12,17-22,33,38-39,41-42,44-45,48,51,55,57,75H,2-7,9-10,13-16,23-32,34-37H2,1H3,(H,66,76)/t41?,44?,48-,51+,55+,57+/m1/s1. The number of fused-ring (bicyclic) bond motifs is 7. The van der Waals surface area contributed by atoms with Crippen LogP contribution in [0.25, 0.3) is 27.0 Å². The molecule has 2 N–H and O–H groups in total. The Labute approximate surface area is 482 Å². The molecule has 4 atom stereocenters. The molecule has 3 aliphatic carbocycles. The zero-order valence-corrected chi connectivity index (χ0v) is 48.7. The van der Waals surface area contributed by atoms with Crippen LogP contribution in [-0.2, 0) is 19.7 Å². The van der Waals surface area contributed by atoms with Crippen molar-refractivity contribution in [3.8, 4) is 16.1 Å². The summed E-state index contributed by atoms with van der Waals surface area (Å²) in [5.74, 6) is 2.03. The number of halogens is 1. The second kappa shape index (κ2) is 23.2.